The van der Waals surface area contributed by atoms with Gasteiger partial charge in [0.25, 0.3) is 5.69 Å². The van der Waals surface area contributed by atoms with E-state index in [2.05, 4.69) is 0 Å². The summed E-state index contributed by atoms with van der Waals surface area (Å²) in [6.07, 6.45) is -0.0439. The van der Waals surface area contributed by atoms with Crippen LogP contribution in [0.4, 0.5) is 5.69 Å². The van der Waals surface area contributed by atoms with Gasteiger partial charge in [-0.15, -0.1) is 0 Å². The predicted octanol–water partition coefficient (Wildman–Crippen LogP) is 1.49. The number of non-ortho nitro benzene ring substituents is 1. The van der Waals surface area contributed by atoms with E-state index < -0.39 is 10.9 Å². The van der Waals surface area contributed by atoms with Crippen molar-refractivity contribution in [2.75, 3.05) is 40.1 Å². The monoisotopic (exact) mass is 329 g/mol. The van der Waals surface area contributed by atoms with Crippen molar-refractivity contribution in [2.45, 2.75) is 6.42 Å². The molecule has 128 valence electrons. The first-order valence-corrected chi connectivity index (χ1v) is 6.86. The summed E-state index contributed by atoms with van der Waals surface area (Å²) in [6, 6.07) is 4.15. The average Bonchev–Trinajstić information content (AvgIpc) is 2.52. The summed E-state index contributed by atoms with van der Waals surface area (Å²) >= 11 is 0. The van der Waals surface area contributed by atoms with E-state index >= 15 is 0 Å². The molecule has 0 bridgehead atoms. The molecule has 0 fully saturated rings. The number of nitrogens with zero attached hydrogens (tertiary/aromatic N) is 1. The van der Waals surface area contributed by atoms with Crippen LogP contribution in [0.3, 0.4) is 0 Å². The Labute approximate surface area is 132 Å². The summed E-state index contributed by atoms with van der Waals surface area (Å²) in [7, 11) is 1.41. The number of hydrogen-bond acceptors (Lipinski definition) is 7. The summed E-state index contributed by atoms with van der Waals surface area (Å²) in [5.74, 6) is -0.258. The Morgan fingerprint density at radius 2 is 1.70 bits per heavy atom. The summed E-state index contributed by atoms with van der Waals surface area (Å²) in [4.78, 5) is 20.5. The highest BCUT2D eigenvalue weighted by Crippen LogP contribution is 2.27. The molecule has 1 aromatic rings. The van der Waals surface area contributed by atoms with Crippen molar-refractivity contribution in [1.82, 2.24) is 0 Å². The molecule has 0 heterocycles. The van der Waals surface area contributed by atoms with Gasteiger partial charge in [-0.25, -0.2) is 0 Å². The van der Waals surface area contributed by atoms with E-state index in [9.17, 15) is 14.9 Å². The molecule has 0 radical (unpaired) electrons. The summed E-state index contributed by atoms with van der Waals surface area (Å²) in [6.45, 7) is 1.22. The fraction of sp³-hybridized carbons (Fsp3) is 0.500. The van der Waals surface area contributed by atoms with Crippen LogP contribution in [-0.4, -0.2) is 56.1 Å². The third kappa shape index (κ3) is 7.98. The molecule has 0 atom stereocenters. The molecular formula is C14H19NO8. The maximum Gasteiger partial charge on any atom is 0.305 e. The highest BCUT2D eigenvalue weighted by molar-refractivity contribution is 5.66. The number of carboxylic acid groups (broad SMARTS) is 1. The van der Waals surface area contributed by atoms with Crippen LogP contribution in [0.5, 0.6) is 11.5 Å². The number of benzene rings is 1. The second-order valence-electron chi connectivity index (χ2n) is 4.34. The molecule has 9 nitrogen and oxygen atoms in total. The average molecular weight is 329 g/mol. The zero-order valence-electron chi connectivity index (χ0n) is 12.7. The Morgan fingerprint density at radius 3 is 2.30 bits per heavy atom. The van der Waals surface area contributed by atoms with Gasteiger partial charge < -0.3 is 24.1 Å². The minimum absolute atomic E-state index is 0.0439. The van der Waals surface area contributed by atoms with E-state index in [0.717, 1.165) is 0 Å². The van der Waals surface area contributed by atoms with Crippen LogP contribution in [-0.2, 0) is 14.3 Å². The first kappa shape index (κ1) is 18.7. The van der Waals surface area contributed by atoms with Crippen molar-refractivity contribution >= 4 is 11.7 Å². The third-order valence-electron chi connectivity index (χ3n) is 2.64. The van der Waals surface area contributed by atoms with Gasteiger partial charge in [0.2, 0.25) is 0 Å². The van der Waals surface area contributed by atoms with Gasteiger partial charge in [0.05, 0.1) is 57.0 Å². The summed E-state index contributed by atoms with van der Waals surface area (Å²) < 4.78 is 20.6. The van der Waals surface area contributed by atoms with E-state index in [-0.39, 0.29) is 38.5 Å². The maximum absolute atomic E-state index is 10.8. The predicted molar refractivity (Wildman–Crippen MR) is 79.0 cm³/mol. The summed E-state index contributed by atoms with van der Waals surface area (Å²) in [5, 5.41) is 19.2. The van der Waals surface area contributed by atoms with Crippen LogP contribution in [0.15, 0.2) is 18.2 Å². The molecule has 23 heavy (non-hydrogen) atoms. The van der Waals surface area contributed by atoms with Gasteiger partial charge in [0.15, 0.2) is 0 Å². The smallest absolute Gasteiger partial charge is 0.305 e. The van der Waals surface area contributed by atoms with Crippen LogP contribution >= 0.6 is 0 Å². The first-order chi connectivity index (χ1) is 11.0. The van der Waals surface area contributed by atoms with E-state index in [4.69, 9.17) is 24.1 Å². The van der Waals surface area contributed by atoms with Crippen molar-refractivity contribution < 1.29 is 33.8 Å². The Hall–Kier alpha value is -2.39. The molecule has 0 unspecified atom stereocenters. The lowest BCUT2D eigenvalue weighted by atomic mass is 10.3. The fourth-order valence-corrected chi connectivity index (χ4v) is 1.56. The van der Waals surface area contributed by atoms with Gasteiger partial charge in [-0.2, -0.15) is 0 Å². The van der Waals surface area contributed by atoms with Crippen LogP contribution in [0, 0.1) is 10.1 Å². The fourth-order valence-electron chi connectivity index (χ4n) is 1.56. The number of carbonyl (C=O) groups is 1. The molecule has 1 rings (SSSR count). The molecule has 0 aliphatic carbocycles. The lowest BCUT2D eigenvalue weighted by Gasteiger charge is -2.09. The molecule has 1 aromatic carbocycles. The van der Waals surface area contributed by atoms with E-state index in [1.165, 1.54) is 19.2 Å². The number of nitro benzene ring substituents is 1. The van der Waals surface area contributed by atoms with Crippen LogP contribution in [0.2, 0.25) is 0 Å². The lowest BCUT2D eigenvalue weighted by molar-refractivity contribution is -0.385. The minimum atomic E-state index is -0.910. The zero-order chi connectivity index (χ0) is 17.1. The Bertz CT molecular complexity index is 519. The van der Waals surface area contributed by atoms with Gasteiger partial charge in [-0.05, 0) is 0 Å². The number of methoxy groups -OCH3 is 1. The number of hydrogen-bond donors (Lipinski definition) is 1. The van der Waals surface area contributed by atoms with Crippen molar-refractivity contribution in [3.63, 3.8) is 0 Å². The van der Waals surface area contributed by atoms with Crippen molar-refractivity contribution in [3.05, 3.63) is 28.3 Å². The molecule has 9 heteroatoms. The van der Waals surface area contributed by atoms with Gasteiger partial charge >= 0.3 is 5.97 Å². The van der Waals surface area contributed by atoms with Gasteiger partial charge in [-0.3, -0.25) is 14.9 Å². The Balaban J connectivity index is 2.21. The standard InChI is InChI=1S/C14H19NO8/c1-20-12-8-11(15(18)19)9-13(10-12)23-7-6-22-5-4-21-3-2-14(16)17/h8-10H,2-7H2,1H3,(H,16,17). The normalized spacial score (nSPS) is 10.3. The quantitative estimate of drug-likeness (QED) is 0.348. The number of carboxylic acids is 1. The number of ether oxygens (including phenoxy) is 4. The first-order valence-electron chi connectivity index (χ1n) is 6.86. The van der Waals surface area contributed by atoms with Crippen molar-refractivity contribution in [3.8, 4) is 11.5 Å². The molecule has 0 spiro atoms. The largest absolute Gasteiger partial charge is 0.496 e. The molecular weight excluding hydrogens is 310 g/mol. The third-order valence-corrected chi connectivity index (χ3v) is 2.64. The van der Waals surface area contributed by atoms with Crippen molar-refractivity contribution in [1.29, 1.82) is 0 Å². The van der Waals surface area contributed by atoms with Crippen molar-refractivity contribution in [2.24, 2.45) is 0 Å². The molecule has 0 saturated carbocycles. The molecule has 0 amide bonds. The second kappa shape index (κ2) is 10.4. The van der Waals surface area contributed by atoms with Gasteiger partial charge in [0.1, 0.15) is 18.1 Å². The van der Waals surface area contributed by atoms with E-state index in [1.807, 2.05) is 0 Å². The Morgan fingerprint density at radius 1 is 1.09 bits per heavy atom. The zero-order valence-corrected chi connectivity index (χ0v) is 12.7. The SMILES string of the molecule is COc1cc(OCCOCCOCCC(=O)O)cc([N+](=O)[O-])c1. The lowest BCUT2D eigenvalue weighted by Crippen LogP contribution is -2.12. The molecule has 1 N–H and O–H groups in total. The molecule has 0 aromatic heterocycles. The molecule has 0 aliphatic rings. The highest BCUT2D eigenvalue weighted by Gasteiger charge is 2.11. The Kier molecular flexibility index (Phi) is 8.40. The number of rotatable bonds is 12. The topological polar surface area (TPSA) is 117 Å². The molecule has 0 saturated heterocycles. The minimum Gasteiger partial charge on any atom is -0.496 e. The molecule has 0 aliphatic heterocycles. The van der Waals surface area contributed by atoms with Gasteiger partial charge in [0, 0.05) is 6.07 Å². The number of aliphatic carboxylic acids is 1. The second-order valence-corrected chi connectivity index (χ2v) is 4.34. The highest BCUT2D eigenvalue weighted by atomic mass is 16.6. The summed E-state index contributed by atoms with van der Waals surface area (Å²) in [5.41, 5.74) is -0.118. The van der Waals surface area contributed by atoms with Crippen LogP contribution in [0.25, 0.3) is 0 Å². The van der Waals surface area contributed by atoms with Crippen LogP contribution < -0.4 is 9.47 Å². The number of nitro groups is 1. The van der Waals surface area contributed by atoms with Gasteiger partial charge in [-0.1, -0.05) is 0 Å². The van der Waals surface area contributed by atoms with Crippen LogP contribution in [0.1, 0.15) is 6.42 Å². The van der Waals surface area contributed by atoms with E-state index in [1.54, 1.807) is 6.07 Å². The maximum atomic E-state index is 10.8. The van der Waals surface area contributed by atoms with E-state index in [0.29, 0.717) is 18.1 Å².